The van der Waals surface area contributed by atoms with Crippen LogP contribution in [0.1, 0.15) is 67.2 Å². The molecule has 0 radical (unpaired) electrons. The minimum atomic E-state index is -0.937. The van der Waals surface area contributed by atoms with Crippen LogP contribution in [0.15, 0.2) is 42.6 Å². The van der Waals surface area contributed by atoms with Crippen molar-refractivity contribution in [3.63, 3.8) is 0 Å². The monoisotopic (exact) mass is 392 g/mol. The highest BCUT2D eigenvalue weighted by molar-refractivity contribution is 5.95. The van der Waals surface area contributed by atoms with Gasteiger partial charge in [0.1, 0.15) is 5.82 Å². The minimum absolute atomic E-state index is 0.280. The molecule has 0 amide bonds. The zero-order chi connectivity index (χ0) is 20.6. The summed E-state index contributed by atoms with van der Waals surface area (Å²) in [5.74, 6) is 0.898. The molecular formula is C23H28N4O2. The molecule has 0 aliphatic carbocycles. The SMILES string of the molecule is CCCCCn1nc(CCC)nc1Cc1ccc(-c2ccccc2C(=O)O)cn1. The van der Waals surface area contributed by atoms with Crippen LogP contribution in [0, 0.1) is 0 Å². The Morgan fingerprint density at radius 3 is 2.59 bits per heavy atom. The highest BCUT2D eigenvalue weighted by Crippen LogP contribution is 2.23. The summed E-state index contributed by atoms with van der Waals surface area (Å²) in [4.78, 5) is 20.8. The predicted molar refractivity (Wildman–Crippen MR) is 113 cm³/mol. The standard InChI is InChI=1S/C23H28N4O2/c1-3-5-8-14-27-22(25-21(26-27)9-4-2)15-18-13-12-17(16-24-18)19-10-6-7-11-20(19)23(28)29/h6-7,10-13,16H,3-5,8-9,14-15H2,1-2H3,(H,28,29). The third kappa shape index (κ3) is 5.28. The highest BCUT2D eigenvalue weighted by Gasteiger charge is 2.13. The number of hydrogen-bond donors (Lipinski definition) is 1. The lowest BCUT2D eigenvalue weighted by atomic mass is 10.0. The number of unbranched alkanes of at least 4 members (excludes halogenated alkanes) is 2. The van der Waals surface area contributed by atoms with Crippen molar-refractivity contribution in [1.82, 2.24) is 19.7 Å². The molecule has 1 N–H and O–H groups in total. The molecule has 0 aliphatic heterocycles. The number of carboxylic acids is 1. The average molecular weight is 393 g/mol. The molecule has 0 saturated heterocycles. The maximum atomic E-state index is 11.5. The van der Waals surface area contributed by atoms with Crippen LogP contribution in [-0.4, -0.2) is 30.8 Å². The number of nitrogens with zero attached hydrogens (tertiary/aromatic N) is 4. The van der Waals surface area contributed by atoms with E-state index in [2.05, 4.69) is 23.9 Å². The van der Waals surface area contributed by atoms with Crippen molar-refractivity contribution < 1.29 is 9.90 Å². The average Bonchev–Trinajstić information content (AvgIpc) is 3.10. The lowest BCUT2D eigenvalue weighted by Crippen LogP contribution is -2.07. The molecule has 3 aromatic rings. The Kier molecular flexibility index (Phi) is 7.11. The van der Waals surface area contributed by atoms with Crippen molar-refractivity contribution in [3.8, 4) is 11.1 Å². The zero-order valence-electron chi connectivity index (χ0n) is 17.1. The summed E-state index contributed by atoms with van der Waals surface area (Å²) in [5, 5.41) is 14.1. The number of carboxylic acid groups (broad SMARTS) is 1. The van der Waals surface area contributed by atoms with Gasteiger partial charge in [-0.15, -0.1) is 0 Å². The molecule has 0 aliphatic rings. The molecule has 152 valence electrons. The van der Waals surface area contributed by atoms with Gasteiger partial charge in [0.2, 0.25) is 0 Å². The molecule has 0 bridgehead atoms. The third-order valence-corrected chi connectivity index (χ3v) is 4.87. The first-order chi connectivity index (χ1) is 14.1. The summed E-state index contributed by atoms with van der Waals surface area (Å²) in [6, 6.07) is 10.9. The fourth-order valence-corrected chi connectivity index (χ4v) is 3.35. The highest BCUT2D eigenvalue weighted by atomic mass is 16.4. The second-order valence-electron chi connectivity index (χ2n) is 7.19. The predicted octanol–water partition coefficient (Wildman–Crippen LogP) is 4.77. The third-order valence-electron chi connectivity index (χ3n) is 4.87. The number of carbonyl (C=O) groups is 1. The van der Waals surface area contributed by atoms with Crippen molar-refractivity contribution in [3.05, 3.63) is 65.5 Å². The summed E-state index contributed by atoms with van der Waals surface area (Å²) >= 11 is 0. The van der Waals surface area contributed by atoms with Crippen LogP contribution in [0.3, 0.4) is 0 Å². The van der Waals surface area contributed by atoms with E-state index < -0.39 is 5.97 Å². The summed E-state index contributed by atoms with van der Waals surface area (Å²) in [5.41, 5.74) is 2.64. The van der Waals surface area contributed by atoms with E-state index in [1.807, 2.05) is 28.9 Å². The van der Waals surface area contributed by atoms with Crippen LogP contribution in [0.5, 0.6) is 0 Å². The fraction of sp³-hybridized carbons (Fsp3) is 0.391. The van der Waals surface area contributed by atoms with Crippen molar-refractivity contribution >= 4 is 5.97 Å². The molecule has 0 fully saturated rings. The van der Waals surface area contributed by atoms with E-state index in [-0.39, 0.29) is 5.56 Å². The molecular weight excluding hydrogens is 364 g/mol. The van der Waals surface area contributed by atoms with E-state index in [9.17, 15) is 9.90 Å². The Balaban J connectivity index is 1.80. The van der Waals surface area contributed by atoms with Gasteiger partial charge in [-0.2, -0.15) is 5.10 Å². The normalized spacial score (nSPS) is 11.0. The maximum Gasteiger partial charge on any atom is 0.336 e. The molecule has 0 unspecified atom stereocenters. The molecule has 1 aromatic carbocycles. The number of benzene rings is 1. The van der Waals surface area contributed by atoms with E-state index in [4.69, 9.17) is 4.98 Å². The first-order valence-electron chi connectivity index (χ1n) is 10.3. The van der Waals surface area contributed by atoms with E-state index in [1.54, 1.807) is 18.3 Å². The number of pyridine rings is 1. The van der Waals surface area contributed by atoms with Crippen molar-refractivity contribution in [2.45, 2.75) is 58.9 Å². The van der Waals surface area contributed by atoms with Crippen LogP contribution in [0.25, 0.3) is 11.1 Å². The van der Waals surface area contributed by atoms with Gasteiger partial charge in [0.15, 0.2) is 5.82 Å². The number of aryl methyl sites for hydroxylation is 2. The van der Waals surface area contributed by atoms with Crippen LogP contribution < -0.4 is 0 Å². The van der Waals surface area contributed by atoms with Crippen molar-refractivity contribution in [1.29, 1.82) is 0 Å². The molecule has 2 heterocycles. The molecule has 6 heteroatoms. The van der Waals surface area contributed by atoms with Gasteiger partial charge in [0.05, 0.1) is 5.56 Å². The molecule has 0 spiro atoms. The molecule has 3 rings (SSSR count). The number of aromatic nitrogens is 4. The Morgan fingerprint density at radius 2 is 1.90 bits per heavy atom. The molecule has 0 atom stereocenters. The zero-order valence-corrected chi connectivity index (χ0v) is 17.1. The second kappa shape index (κ2) is 9.96. The Labute approximate surface area is 171 Å². The summed E-state index contributed by atoms with van der Waals surface area (Å²) in [6.07, 6.45) is 7.70. The van der Waals surface area contributed by atoms with Gasteiger partial charge in [0.25, 0.3) is 0 Å². The molecule has 6 nitrogen and oxygen atoms in total. The van der Waals surface area contributed by atoms with Gasteiger partial charge in [-0.1, -0.05) is 51.0 Å². The van der Waals surface area contributed by atoms with E-state index in [0.717, 1.165) is 48.7 Å². The Bertz CT molecular complexity index is 948. The van der Waals surface area contributed by atoms with Gasteiger partial charge >= 0.3 is 5.97 Å². The lowest BCUT2D eigenvalue weighted by molar-refractivity contribution is 0.0697. The van der Waals surface area contributed by atoms with Crippen LogP contribution in [0.4, 0.5) is 0 Å². The van der Waals surface area contributed by atoms with E-state index >= 15 is 0 Å². The number of rotatable bonds is 10. The van der Waals surface area contributed by atoms with Crippen LogP contribution in [0.2, 0.25) is 0 Å². The molecule has 0 saturated carbocycles. The first-order valence-corrected chi connectivity index (χ1v) is 10.3. The van der Waals surface area contributed by atoms with Gasteiger partial charge < -0.3 is 5.11 Å². The van der Waals surface area contributed by atoms with Crippen molar-refractivity contribution in [2.24, 2.45) is 0 Å². The maximum absolute atomic E-state index is 11.5. The first kappa shape index (κ1) is 20.7. The second-order valence-corrected chi connectivity index (χ2v) is 7.19. The lowest BCUT2D eigenvalue weighted by Gasteiger charge is -2.08. The molecule has 29 heavy (non-hydrogen) atoms. The van der Waals surface area contributed by atoms with Gasteiger partial charge in [0, 0.05) is 36.8 Å². The summed E-state index contributed by atoms with van der Waals surface area (Å²) in [6.45, 7) is 5.20. The number of aromatic carboxylic acids is 1. The van der Waals surface area contributed by atoms with E-state index in [0.29, 0.717) is 12.0 Å². The van der Waals surface area contributed by atoms with E-state index in [1.165, 1.54) is 12.8 Å². The largest absolute Gasteiger partial charge is 0.478 e. The summed E-state index contributed by atoms with van der Waals surface area (Å²) < 4.78 is 2.02. The summed E-state index contributed by atoms with van der Waals surface area (Å²) in [7, 11) is 0. The smallest absolute Gasteiger partial charge is 0.336 e. The topological polar surface area (TPSA) is 80.9 Å². The minimum Gasteiger partial charge on any atom is -0.478 e. The van der Waals surface area contributed by atoms with Crippen molar-refractivity contribution in [2.75, 3.05) is 0 Å². The molecule has 2 aromatic heterocycles. The Morgan fingerprint density at radius 1 is 1.07 bits per heavy atom. The quantitative estimate of drug-likeness (QED) is 0.503. The number of hydrogen-bond acceptors (Lipinski definition) is 4. The van der Waals surface area contributed by atoms with Gasteiger partial charge in [-0.05, 0) is 30.5 Å². The van der Waals surface area contributed by atoms with Gasteiger partial charge in [-0.25, -0.2) is 14.5 Å². The van der Waals surface area contributed by atoms with Crippen LogP contribution in [-0.2, 0) is 19.4 Å². The van der Waals surface area contributed by atoms with Crippen LogP contribution >= 0.6 is 0 Å². The fourth-order valence-electron chi connectivity index (χ4n) is 3.35. The Hall–Kier alpha value is -3.02. The van der Waals surface area contributed by atoms with Gasteiger partial charge in [-0.3, -0.25) is 4.98 Å².